The van der Waals surface area contributed by atoms with Crippen LogP contribution < -0.4 is 5.32 Å². The number of thiazole rings is 1. The summed E-state index contributed by atoms with van der Waals surface area (Å²) in [6, 6.07) is 5.60. The Morgan fingerprint density at radius 2 is 2.33 bits per heavy atom. The van der Waals surface area contributed by atoms with Gasteiger partial charge in [0.15, 0.2) is 11.5 Å². The van der Waals surface area contributed by atoms with E-state index in [1.807, 2.05) is 27.4 Å². The molecule has 0 fully saturated rings. The van der Waals surface area contributed by atoms with Gasteiger partial charge in [0, 0.05) is 24.4 Å². The molecule has 7 nitrogen and oxygen atoms in total. The molecular formula is C15H13N5O2S2. The second-order valence-electron chi connectivity index (χ2n) is 5.16. The first-order valence-corrected chi connectivity index (χ1v) is 9.05. The molecule has 0 aliphatic carbocycles. The molecule has 0 spiro atoms. The second kappa shape index (κ2) is 6.17. The van der Waals surface area contributed by atoms with Gasteiger partial charge in [-0.1, -0.05) is 11.2 Å². The van der Waals surface area contributed by atoms with Crippen LogP contribution in [0.15, 0.2) is 33.5 Å². The van der Waals surface area contributed by atoms with Crippen LogP contribution in [-0.4, -0.2) is 32.2 Å². The minimum Gasteiger partial charge on any atom is -0.361 e. The molecule has 0 atom stereocenters. The Hall–Kier alpha value is -2.52. The number of aromatic nitrogens is 4. The van der Waals surface area contributed by atoms with E-state index in [4.69, 9.17) is 4.52 Å². The highest BCUT2D eigenvalue weighted by molar-refractivity contribution is 7.15. The Labute approximate surface area is 144 Å². The summed E-state index contributed by atoms with van der Waals surface area (Å²) in [4.78, 5) is 18.4. The highest BCUT2D eigenvalue weighted by atomic mass is 32.1. The number of amides is 1. The largest absolute Gasteiger partial charge is 0.361 e. The van der Waals surface area contributed by atoms with Gasteiger partial charge < -0.3 is 9.84 Å². The molecule has 122 valence electrons. The molecule has 24 heavy (non-hydrogen) atoms. The third-order valence-electron chi connectivity index (χ3n) is 3.42. The summed E-state index contributed by atoms with van der Waals surface area (Å²) in [6.45, 7) is 2.24. The first kappa shape index (κ1) is 15.0. The average Bonchev–Trinajstić information content (AvgIpc) is 3.31. The number of nitrogens with zero attached hydrogens (tertiary/aromatic N) is 4. The van der Waals surface area contributed by atoms with Crippen LogP contribution in [-0.2, 0) is 6.42 Å². The van der Waals surface area contributed by atoms with Gasteiger partial charge in [0.2, 0.25) is 4.96 Å². The lowest BCUT2D eigenvalue weighted by molar-refractivity contribution is 0.0945. The van der Waals surface area contributed by atoms with E-state index in [-0.39, 0.29) is 5.91 Å². The van der Waals surface area contributed by atoms with E-state index in [0.29, 0.717) is 24.4 Å². The Bertz CT molecular complexity index is 983. The molecule has 0 unspecified atom stereocenters. The fourth-order valence-corrected chi connectivity index (χ4v) is 3.78. The molecule has 0 aliphatic heterocycles. The van der Waals surface area contributed by atoms with Crippen LogP contribution in [0.1, 0.15) is 21.9 Å². The molecule has 4 aromatic rings. The molecule has 4 heterocycles. The van der Waals surface area contributed by atoms with Crippen LogP contribution in [0.25, 0.3) is 15.7 Å². The summed E-state index contributed by atoms with van der Waals surface area (Å²) in [7, 11) is 0. The van der Waals surface area contributed by atoms with Crippen LogP contribution >= 0.6 is 22.7 Å². The lowest BCUT2D eigenvalue weighted by atomic mass is 10.3. The van der Waals surface area contributed by atoms with E-state index in [1.54, 1.807) is 35.7 Å². The number of hydrogen-bond acceptors (Lipinski definition) is 7. The van der Waals surface area contributed by atoms with Crippen molar-refractivity contribution in [1.82, 2.24) is 25.1 Å². The van der Waals surface area contributed by atoms with Crippen LogP contribution in [0, 0.1) is 6.92 Å². The number of rotatable bonds is 5. The summed E-state index contributed by atoms with van der Waals surface area (Å²) in [6.07, 6.45) is 0.663. The third-order valence-corrected chi connectivity index (χ3v) is 5.15. The summed E-state index contributed by atoms with van der Waals surface area (Å²) in [5.74, 6) is 1.11. The number of nitrogens with one attached hydrogen (secondary N) is 1. The van der Waals surface area contributed by atoms with E-state index >= 15 is 0 Å². The van der Waals surface area contributed by atoms with Crippen molar-refractivity contribution in [3.63, 3.8) is 0 Å². The Morgan fingerprint density at radius 3 is 3.08 bits per heavy atom. The van der Waals surface area contributed by atoms with Crippen molar-refractivity contribution in [2.75, 3.05) is 6.54 Å². The standard InChI is InChI=1S/C15H13N5O2S2/c1-9-7-11(19-22-9)14(21)16-5-4-10-8-24-15-17-13(18-20(10)15)12-3-2-6-23-12/h2-3,6-8H,4-5H2,1H3,(H,16,21). The van der Waals surface area contributed by atoms with E-state index in [9.17, 15) is 4.79 Å². The molecule has 4 rings (SSSR count). The molecular weight excluding hydrogens is 346 g/mol. The molecule has 0 radical (unpaired) electrons. The Kier molecular flexibility index (Phi) is 3.87. The molecule has 1 amide bonds. The maximum Gasteiger partial charge on any atom is 0.273 e. The van der Waals surface area contributed by atoms with E-state index in [1.165, 1.54) is 0 Å². The summed E-state index contributed by atoms with van der Waals surface area (Å²) >= 11 is 3.16. The normalized spacial score (nSPS) is 11.2. The number of fused-ring (bicyclic) bond motifs is 1. The molecule has 0 saturated carbocycles. The number of carbonyl (C=O) groups excluding carboxylic acids is 1. The minimum atomic E-state index is -0.240. The first-order valence-electron chi connectivity index (χ1n) is 7.29. The van der Waals surface area contributed by atoms with Crippen molar-refractivity contribution in [2.24, 2.45) is 0 Å². The fraction of sp³-hybridized carbons (Fsp3) is 0.200. The molecule has 0 aliphatic rings. The minimum absolute atomic E-state index is 0.240. The zero-order valence-electron chi connectivity index (χ0n) is 12.7. The molecule has 9 heteroatoms. The van der Waals surface area contributed by atoms with Crippen molar-refractivity contribution < 1.29 is 9.32 Å². The maximum atomic E-state index is 11.9. The van der Waals surface area contributed by atoms with E-state index in [2.05, 4.69) is 20.6 Å². The van der Waals surface area contributed by atoms with Crippen LogP contribution in [0.4, 0.5) is 0 Å². The second-order valence-corrected chi connectivity index (χ2v) is 6.95. The smallest absolute Gasteiger partial charge is 0.273 e. The summed E-state index contributed by atoms with van der Waals surface area (Å²) in [5, 5.41) is 15.1. The average molecular weight is 359 g/mol. The molecule has 0 bridgehead atoms. The zero-order valence-corrected chi connectivity index (χ0v) is 14.4. The summed E-state index contributed by atoms with van der Waals surface area (Å²) < 4.78 is 6.74. The van der Waals surface area contributed by atoms with Gasteiger partial charge in [-0.15, -0.1) is 27.8 Å². The number of thiophene rings is 1. The Balaban J connectivity index is 1.44. The van der Waals surface area contributed by atoms with Crippen molar-refractivity contribution in [3.8, 4) is 10.7 Å². The first-order chi connectivity index (χ1) is 11.7. The SMILES string of the molecule is Cc1cc(C(=O)NCCc2csc3nc(-c4cccs4)nn23)no1. The van der Waals surface area contributed by atoms with Crippen molar-refractivity contribution in [1.29, 1.82) is 0 Å². The summed E-state index contributed by atoms with van der Waals surface area (Å²) in [5.41, 5.74) is 1.31. The van der Waals surface area contributed by atoms with Gasteiger partial charge in [0.05, 0.1) is 10.6 Å². The molecule has 0 saturated heterocycles. The monoisotopic (exact) mass is 359 g/mol. The van der Waals surface area contributed by atoms with Crippen molar-refractivity contribution >= 4 is 33.5 Å². The van der Waals surface area contributed by atoms with Crippen LogP contribution in [0.3, 0.4) is 0 Å². The fourth-order valence-electron chi connectivity index (χ4n) is 2.27. The number of hydrogen-bond donors (Lipinski definition) is 1. The van der Waals surface area contributed by atoms with Gasteiger partial charge in [-0.05, 0) is 18.4 Å². The predicted molar refractivity (Wildman–Crippen MR) is 91.5 cm³/mol. The predicted octanol–water partition coefficient (Wildman–Crippen LogP) is 2.79. The van der Waals surface area contributed by atoms with Gasteiger partial charge in [0.25, 0.3) is 5.91 Å². The molecule has 4 aromatic heterocycles. The highest BCUT2D eigenvalue weighted by Crippen LogP contribution is 2.24. The lowest BCUT2D eigenvalue weighted by Crippen LogP contribution is -2.26. The lowest BCUT2D eigenvalue weighted by Gasteiger charge is -2.01. The topological polar surface area (TPSA) is 85.3 Å². The number of aryl methyl sites for hydroxylation is 1. The molecule has 1 N–H and O–H groups in total. The van der Waals surface area contributed by atoms with Crippen molar-refractivity contribution in [2.45, 2.75) is 13.3 Å². The van der Waals surface area contributed by atoms with Gasteiger partial charge in [-0.25, -0.2) is 4.52 Å². The van der Waals surface area contributed by atoms with Gasteiger partial charge in [-0.3, -0.25) is 4.79 Å². The van der Waals surface area contributed by atoms with Crippen molar-refractivity contribution in [3.05, 3.63) is 46.1 Å². The molecule has 0 aromatic carbocycles. The van der Waals surface area contributed by atoms with Gasteiger partial charge in [-0.2, -0.15) is 4.98 Å². The van der Waals surface area contributed by atoms with Crippen LogP contribution in [0.2, 0.25) is 0 Å². The van der Waals surface area contributed by atoms with E-state index < -0.39 is 0 Å². The van der Waals surface area contributed by atoms with Gasteiger partial charge in [0.1, 0.15) is 5.76 Å². The quantitative estimate of drug-likeness (QED) is 0.592. The Morgan fingerprint density at radius 1 is 1.42 bits per heavy atom. The van der Waals surface area contributed by atoms with Gasteiger partial charge >= 0.3 is 0 Å². The van der Waals surface area contributed by atoms with Crippen LogP contribution in [0.5, 0.6) is 0 Å². The highest BCUT2D eigenvalue weighted by Gasteiger charge is 2.13. The number of carbonyl (C=O) groups is 1. The van der Waals surface area contributed by atoms with E-state index in [0.717, 1.165) is 21.4 Å². The maximum absolute atomic E-state index is 11.9. The third kappa shape index (κ3) is 2.83. The zero-order chi connectivity index (χ0) is 16.5.